The van der Waals surface area contributed by atoms with Crippen molar-refractivity contribution in [3.05, 3.63) is 121 Å². The van der Waals surface area contributed by atoms with E-state index in [1.54, 1.807) is 27.7 Å². The summed E-state index contributed by atoms with van der Waals surface area (Å²) < 4.78 is 25.4. The van der Waals surface area contributed by atoms with Crippen LogP contribution in [0.5, 0.6) is 0 Å². The highest BCUT2D eigenvalue weighted by atomic mass is 16.8. The Bertz CT molecular complexity index is 1370. The van der Waals surface area contributed by atoms with Crippen LogP contribution in [0, 0.1) is 0 Å². The Morgan fingerprint density at radius 1 is 0.333 bits per heavy atom. The zero-order valence-corrected chi connectivity index (χ0v) is 24.1. The molecule has 0 aromatic heterocycles. The van der Waals surface area contributed by atoms with Gasteiger partial charge in [0.05, 0.1) is 22.8 Å². The monoisotopic (exact) mass is 558 g/mol. The Balaban J connectivity index is 1.68. The molecule has 1 aliphatic heterocycles. The molecule has 42 heavy (non-hydrogen) atoms. The predicted molar refractivity (Wildman–Crippen MR) is 173 cm³/mol. The van der Waals surface area contributed by atoms with Gasteiger partial charge in [-0.05, 0) is 27.7 Å². The third-order valence-electron chi connectivity index (χ3n) is 7.35. The van der Waals surface area contributed by atoms with Crippen LogP contribution in [0.1, 0.15) is 27.7 Å². The summed E-state index contributed by atoms with van der Waals surface area (Å²) >= 11 is 0. The molecular weight excluding hydrogens is 526 g/mol. The number of nitrogens with zero attached hydrogens (tertiary/aromatic N) is 4. The van der Waals surface area contributed by atoms with Crippen molar-refractivity contribution in [1.82, 2.24) is 0 Å². The lowest BCUT2D eigenvalue weighted by molar-refractivity contribution is 0.201. The van der Waals surface area contributed by atoms with Crippen LogP contribution in [-0.4, -0.2) is 36.0 Å². The highest BCUT2D eigenvalue weighted by Crippen LogP contribution is 2.15. The Labute approximate surface area is 246 Å². The standard InChI is InChI=1S/C32H32B2N4O4/c1-25-26(2)36-40-34(31-21-13-7-14-22-31,32-23-15-8-16-24-32)42-38-28(4)27(3)37-41-33(39-35-25,29-17-9-5-10-18-29)30-19-11-6-12-20-30/h5-24H,1-4H3/q-2/b35-25+,36-26+,37-27+,38-28+. The van der Waals surface area contributed by atoms with Crippen molar-refractivity contribution in [3.8, 4) is 0 Å². The summed E-state index contributed by atoms with van der Waals surface area (Å²) in [4.78, 5) is 0. The van der Waals surface area contributed by atoms with Gasteiger partial charge in [-0.2, -0.15) is 0 Å². The summed E-state index contributed by atoms with van der Waals surface area (Å²) in [6.45, 7) is 2.39. The molecule has 0 N–H and O–H groups in total. The molecule has 5 rings (SSSR count). The SMILES string of the molecule is CC1=N\O[B-](c2ccccc2)(c2ccccc2)O/N=C(C)/C(C)=N/O[B-](c2ccccc2)(c2ccccc2)O\N=C\1C. The van der Waals surface area contributed by atoms with E-state index < -0.39 is 13.1 Å². The summed E-state index contributed by atoms with van der Waals surface area (Å²) in [5.74, 6) is 0. The highest BCUT2D eigenvalue weighted by Gasteiger charge is 2.38. The van der Waals surface area contributed by atoms with Gasteiger partial charge in [0.15, 0.2) is 0 Å². The first kappa shape index (κ1) is 28.4. The first-order valence-corrected chi connectivity index (χ1v) is 13.9. The average Bonchev–Trinajstić information content (AvgIpc) is 3.06. The van der Waals surface area contributed by atoms with Crippen LogP contribution in [0.3, 0.4) is 0 Å². The fourth-order valence-corrected chi connectivity index (χ4v) is 4.61. The van der Waals surface area contributed by atoms with E-state index in [1.807, 2.05) is 121 Å². The molecule has 0 fully saturated rings. The minimum Gasteiger partial charge on any atom is -0.567 e. The minimum absolute atomic E-state index is 0.486. The maximum absolute atomic E-state index is 6.35. The molecule has 0 saturated carbocycles. The Kier molecular flexibility index (Phi) is 8.52. The second-order valence-corrected chi connectivity index (χ2v) is 10.2. The summed E-state index contributed by atoms with van der Waals surface area (Å²) in [5, 5.41) is 18.0. The van der Waals surface area contributed by atoms with E-state index in [4.69, 9.17) is 19.0 Å². The van der Waals surface area contributed by atoms with E-state index in [1.165, 1.54) is 0 Å². The molecule has 212 valence electrons. The van der Waals surface area contributed by atoms with Gasteiger partial charge in [-0.15, -0.1) is 42.5 Å². The van der Waals surface area contributed by atoms with Gasteiger partial charge in [0.25, 0.3) is 0 Å². The molecule has 8 nitrogen and oxygen atoms in total. The quantitative estimate of drug-likeness (QED) is 0.354. The fraction of sp³-hybridized carbons (Fsp3) is 0.125. The maximum atomic E-state index is 6.35. The third kappa shape index (κ3) is 5.83. The number of benzene rings is 4. The van der Waals surface area contributed by atoms with Gasteiger partial charge in [-0.3, -0.25) is 0 Å². The normalized spacial score (nSPS) is 21.8. The highest BCUT2D eigenvalue weighted by molar-refractivity contribution is 6.93. The lowest BCUT2D eigenvalue weighted by Crippen LogP contribution is -2.62. The van der Waals surface area contributed by atoms with Crippen molar-refractivity contribution >= 4 is 57.8 Å². The fourth-order valence-electron chi connectivity index (χ4n) is 4.61. The predicted octanol–water partition coefficient (Wildman–Crippen LogP) is 4.08. The molecule has 0 radical (unpaired) electrons. The van der Waals surface area contributed by atoms with Gasteiger partial charge in [0.1, 0.15) is 0 Å². The van der Waals surface area contributed by atoms with Crippen molar-refractivity contribution in [2.45, 2.75) is 27.7 Å². The van der Waals surface area contributed by atoms with Crippen molar-refractivity contribution in [2.24, 2.45) is 20.6 Å². The zero-order chi connectivity index (χ0) is 29.4. The maximum Gasteiger partial charge on any atom is 0.445 e. The Morgan fingerprint density at radius 3 is 0.714 bits per heavy atom. The molecule has 0 bridgehead atoms. The summed E-state index contributed by atoms with van der Waals surface area (Å²) in [7, 11) is 0. The minimum atomic E-state index is -2.39. The first-order chi connectivity index (χ1) is 20.4. The molecule has 0 saturated heterocycles. The number of oxime groups is 4. The molecule has 0 unspecified atom stereocenters. The van der Waals surface area contributed by atoms with Crippen molar-refractivity contribution < 1.29 is 19.0 Å². The molecule has 10 heteroatoms. The van der Waals surface area contributed by atoms with Crippen LogP contribution in [0.15, 0.2) is 142 Å². The van der Waals surface area contributed by atoms with Crippen LogP contribution in [0.4, 0.5) is 0 Å². The van der Waals surface area contributed by atoms with Crippen LogP contribution in [0.2, 0.25) is 0 Å². The van der Waals surface area contributed by atoms with E-state index in [-0.39, 0.29) is 0 Å². The smallest absolute Gasteiger partial charge is 0.445 e. The molecule has 1 heterocycles. The van der Waals surface area contributed by atoms with Crippen LogP contribution in [-0.2, 0) is 19.0 Å². The Morgan fingerprint density at radius 2 is 0.524 bits per heavy atom. The molecule has 0 atom stereocenters. The van der Waals surface area contributed by atoms with Crippen LogP contribution < -0.4 is 21.9 Å². The lowest BCUT2D eigenvalue weighted by atomic mass is 9.47. The molecular formula is C32H32B2N4O4-2. The van der Waals surface area contributed by atoms with E-state index >= 15 is 0 Å². The third-order valence-corrected chi connectivity index (χ3v) is 7.35. The summed E-state index contributed by atoms with van der Waals surface area (Å²) in [6.07, 6.45) is 0. The molecule has 0 amide bonds. The molecule has 0 aliphatic carbocycles. The van der Waals surface area contributed by atoms with Gasteiger partial charge in [0.2, 0.25) is 0 Å². The summed E-state index contributed by atoms with van der Waals surface area (Å²) in [6, 6.07) is 38.5. The van der Waals surface area contributed by atoms with Gasteiger partial charge in [-0.25, -0.2) is 0 Å². The molecule has 0 spiro atoms. The topological polar surface area (TPSA) is 86.4 Å². The van der Waals surface area contributed by atoms with Gasteiger partial charge in [0, 0.05) is 0 Å². The van der Waals surface area contributed by atoms with E-state index in [2.05, 4.69) is 20.6 Å². The number of hydrogen-bond acceptors (Lipinski definition) is 8. The Hall–Kier alpha value is -5.11. The van der Waals surface area contributed by atoms with Crippen molar-refractivity contribution in [2.75, 3.05) is 0 Å². The average molecular weight is 558 g/mol. The lowest BCUT2D eigenvalue weighted by Gasteiger charge is -2.39. The van der Waals surface area contributed by atoms with E-state index in [0.29, 0.717) is 22.8 Å². The largest absolute Gasteiger partial charge is 0.567 e. The second-order valence-electron chi connectivity index (χ2n) is 10.2. The van der Waals surface area contributed by atoms with E-state index in [0.717, 1.165) is 21.9 Å². The van der Waals surface area contributed by atoms with Gasteiger partial charge < -0.3 is 19.0 Å². The molecule has 4 aromatic carbocycles. The van der Waals surface area contributed by atoms with Crippen LogP contribution in [0.25, 0.3) is 0 Å². The zero-order valence-electron chi connectivity index (χ0n) is 24.1. The van der Waals surface area contributed by atoms with Crippen molar-refractivity contribution in [1.29, 1.82) is 0 Å². The molecule has 4 aromatic rings. The van der Waals surface area contributed by atoms with Gasteiger partial charge in [-0.1, -0.05) is 121 Å². The summed E-state index contributed by atoms with van der Waals surface area (Å²) in [5.41, 5.74) is 4.99. The van der Waals surface area contributed by atoms with Gasteiger partial charge >= 0.3 is 13.1 Å². The first-order valence-electron chi connectivity index (χ1n) is 13.9. The van der Waals surface area contributed by atoms with Crippen molar-refractivity contribution in [3.63, 3.8) is 0 Å². The number of rotatable bonds is 4. The molecule has 1 aliphatic rings. The van der Waals surface area contributed by atoms with E-state index in [9.17, 15) is 0 Å². The number of hydrogen-bond donors (Lipinski definition) is 0. The van der Waals surface area contributed by atoms with Crippen LogP contribution >= 0.6 is 0 Å². The second kappa shape index (κ2) is 12.6.